The van der Waals surface area contributed by atoms with Crippen molar-refractivity contribution in [1.82, 2.24) is 15.6 Å². The zero-order chi connectivity index (χ0) is 24.3. The minimum atomic E-state index is -0.898. The number of rotatable bonds is 3. The summed E-state index contributed by atoms with van der Waals surface area (Å²) < 4.78 is 36.4. The molecular formula is C25H27F2N5O2S. The lowest BCUT2D eigenvalue weighted by molar-refractivity contribution is 0.0919. The Balaban J connectivity index is 1.23. The fourth-order valence-electron chi connectivity index (χ4n) is 5.46. The van der Waals surface area contributed by atoms with Gasteiger partial charge in [0.15, 0.2) is 11.6 Å². The molecule has 10 heteroatoms. The Morgan fingerprint density at radius 1 is 1.31 bits per heavy atom. The van der Waals surface area contributed by atoms with Crippen LogP contribution in [-0.2, 0) is 6.42 Å². The van der Waals surface area contributed by atoms with Gasteiger partial charge in [-0.2, -0.15) is 0 Å². The number of hydrogen-bond donors (Lipinski definition) is 3. The van der Waals surface area contributed by atoms with E-state index < -0.39 is 17.7 Å². The topological polar surface area (TPSA) is 92.5 Å². The molecule has 0 radical (unpaired) electrons. The van der Waals surface area contributed by atoms with Crippen molar-refractivity contribution in [2.75, 3.05) is 30.3 Å². The van der Waals surface area contributed by atoms with Gasteiger partial charge in [0.1, 0.15) is 22.1 Å². The first kappa shape index (κ1) is 22.5. The van der Waals surface area contributed by atoms with Crippen molar-refractivity contribution >= 4 is 38.8 Å². The Hall–Kier alpha value is -2.98. The van der Waals surface area contributed by atoms with Crippen molar-refractivity contribution in [1.29, 1.82) is 0 Å². The summed E-state index contributed by atoms with van der Waals surface area (Å²) in [5.41, 5.74) is 7.83. The number of hydrogen-bond acceptors (Lipinski definition) is 7. The average Bonchev–Trinajstić information content (AvgIpc) is 3.01. The molecule has 3 atom stereocenters. The minimum absolute atomic E-state index is 0.139. The predicted octanol–water partition coefficient (Wildman–Crippen LogP) is 3.53. The first-order chi connectivity index (χ1) is 16.9. The molecule has 184 valence electrons. The van der Waals surface area contributed by atoms with E-state index in [1.807, 2.05) is 24.0 Å². The van der Waals surface area contributed by atoms with Crippen molar-refractivity contribution < 1.29 is 18.3 Å². The second-order valence-corrected chi connectivity index (χ2v) is 10.7. The number of piperazine rings is 1. The van der Waals surface area contributed by atoms with Gasteiger partial charge in [-0.3, -0.25) is 4.79 Å². The molecule has 1 amide bonds. The van der Waals surface area contributed by atoms with Gasteiger partial charge < -0.3 is 26.0 Å². The molecule has 7 nitrogen and oxygen atoms in total. The number of fused-ring (bicyclic) bond motifs is 6. The molecule has 4 aliphatic rings. The fourth-order valence-corrected chi connectivity index (χ4v) is 6.51. The van der Waals surface area contributed by atoms with E-state index in [9.17, 15) is 4.79 Å². The number of thiophene rings is 1. The zero-order valence-corrected chi connectivity index (χ0v) is 20.2. The van der Waals surface area contributed by atoms with Crippen molar-refractivity contribution in [2.45, 2.75) is 50.7 Å². The number of benzene rings is 1. The standard InChI is InChI=1S/C25H27F2N5O2S/c1-12-5-6-16-22(28)23(35-25(16)30-12)24(33)31-14-7-17-19(34-11-14)8-18(21(27)20(17)26)32-10-13-3-2-4-15(32)9-29-13/h5-6,8,13-15,29H,2-4,7,9-11,28H2,1H3,(H,31,33)/t13?,14-,15?/m0/s1. The van der Waals surface area contributed by atoms with Crippen LogP contribution in [0.25, 0.3) is 10.2 Å². The molecule has 0 saturated carbocycles. The highest BCUT2D eigenvalue weighted by atomic mass is 32.1. The number of amides is 1. The number of carbonyl (C=O) groups excluding carboxylic acids is 1. The summed E-state index contributed by atoms with van der Waals surface area (Å²) in [6.45, 7) is 3.47. The smallest absolute Gasteiger partial charge is 0.263 e. The summed E-state index contributed by atoms with van der Waals surface area (Å²) in [6.07, 6.45) is 3.21. The number of anilines is 2. The molecule has 2 unspecified atom stereocenters. The highest BCUT2D eigenvalue weighted by molar-refractivity contribution is 7.21. The minimum Gasteiger partial charge on any atom is -0.491 e. The number of nitrogens with zero attached hydrogens (tertiary/aromatic N) is 2. The van der Waals surface area contributed by atoms with Gasteiger partial charge in [0.05, 0.1) is 17.4 Å². The summed E-state index contributed by atoms with van der Waals surface area (Å²) in [4.78, 5) is 20.5. The van der Waals surface area contributed by atoms with Crippen LogP contribution >= 0.6 is 11.3 Å². The van der Waals surface area contributed by atoms with Gasteiger partial charge in [-0.25, -0.2) is 13.8 Å². The molecule has 3 saturated heterocycles. The zero-order valence-electron chi connectivity index (χ0n) is 19.4. The Morgan fingerprint density at radius 2 is 2.17 bits per heavy atom. The van der Waals surface area contributed by atoms with Crippen LogP contribution in [-0.4, -0.2) is 48.7 Å². The van der Waals surface area contributed by atoms with Gasteiger partial charge >= 0.3 is 0 Å². The van der Waals surface area contributed by atoms with E-state index in [2.05, 4.69) is 15.6 Å². The molecule has 3 fully saturated rings. The van der Waals surface area contributed by atoms with Crippen LogP contribution in [0.5, 0.6) is 5.75 Å². The predicted molar refractivity (Wildman–Crippen MR) is 132 cm³/mol. The Kier molecular flexibility index (Phi) is 5.52. The van der Waals surface area contributed by atoms with Crippen molar-refractivity contribution in [3.8, 4) is 5.75 Å². The van der Waals surface area contributed by atoms with E-state index in [1.165, 1.54) is 11.3 Å². The van der Waals surface area contributed by atoms with Crippen LogP contribution in [0.3, 0.4) is 0 Å². The number of aromatic nitrogens is 1. The lowest BCUT2D eigenvalue weighted by Gasteiger charge is -2.40. The Labute approximate surface area is 205 Å². The third-order valence-electron chi connectivity index (χ3n) is 7.31. The summed E-state index contributed by atoms with van der Waals surface area (Å²) >= 11 is 1.22. The second kappa shape index (κ2) is 8.60. The summed E-state index contributed by atoms with van der Waals surface area (Å²) in [5.74, 6) is -1.77. The van der Waals surface area contributed by atoms with E-state index in [-0.39, 0.29) is 42.3 Å². The number of aryl methyl sites for hydroxylation is 1. The normalized spacial score (nSPS) is 23.6. The largest absolute Gasteiger partial charge is 0.491 e. The maximum Gasteiger partial charge on any atom is 0.263 e. The molecule has 7 rings (SSSR count). The number of pyridine rings is 1. The van der Waals surface area contributed by atoms with Gasteiger partial charge in [0.2, 0.25) is 0 Å². The van der Waals surface area contributed by atoms with Gasteiger partial charge in [-0.1, -0.05) is 0 Å². The molecule has 0 spiro atoms. The number of ether oxygens (including phenoxy) is 1. The number of halogens is 2. The van der Waals surface area contributed by atoms with Crippen LogP contribution in [0.1, 0.15) is 40.2 Å². The average molecular weight is 500 g/mol. The Morgan fingerprint density at radius 3 is 3.03 bits per heavy atom. The lowest BCUT2D eigenvalue weighted by Crippen LogP contribution is -2.54. The third-order valence-corrected chi connectivity index (χ3v) is 8.43. The van der Waals surface area contributed by atoms with E-state index in [0.717, 1.165) is 36.9 Å². The van der Waals surface area contributed by atoms with Gasteiger partial charge in [-0.15, -0.1) is 11.3 Å². The third kappa shape index (κ3) is 3.88. The molecular weight excluding hydrogens is 472 g/mol. The second-order valence-electron chi connectivity index (χ2n) is 9.68. The maximum absolute atomic E-state index is 15.3. The number of nitrogens with two attached hydrogens (primary N) is 1. The molecule has 0 aliphatic carbocycles. The molecule has 1 aromatic carbocycles. The van der Waals surface area contributed by atoms with E-state index >= 15 is 8.78 Å². The number of carbonyl (C=O) groups is 1. The highest BCUT2D eigenvalue weighted by Gasteiger charge is 2.36. The molecule has 6 heterocycles. The number of nitrogens with one attached hydrogen (secondary N) is 2. The fraction of sp³-hybridized carbons (Fsp3) is 0.440. The van der Waals surface area contributed by atoms with E-state index in [1.54, 1.807) is 6.07 Å². The SMILES string of the molecule is Cc1ccc2c(N)c(C(=O)N[C@@H]3COc4cc(N5CC6CCCC5CN6)c(F)c(F)c4C3)sc2n1. The molecule has 35 heavy (non-hydrogen) atoms. The molecule has 2 bridgehead atoms. The van der Waals surface area contributed by atoms with Crippen LogP contribution in [0.15, 0.2) is 18.2 Å². The highest BCUT2D eigenvalue weighted by Crippen LogP contribution is 2.38. The quantitative estimate of drug-likeness (QED) is 0.511. The molecule has 2 aromatic heterocycles. The van der Waals surface area contributed by atoms with E-state index in [0.29, 0.717) is 27.7 Å². The van der Waals surface area contributed by atoms with Crippen molar-refractivity contribution in [3.05, 3.63) is 46.0 Å². The lowest BCUT2D eigenvalue weighted by atomic mass is 9.99. The van der Waals surface area contributed by atoms with Gasteiger partial charge in [-0.05, 0) is 38.3 Å². The van der Waals surface area contributed by atoms with Crippen LogP contribution in [0, 0.1) is 18.6 Å². The summed E-state index contributed by atoms with van der Waals surface area (Å²) in [7, 11) is 0. The van der Waals surface area contributed by atoms with E-state index in [4.69, 9.17) is 10.5 Å². The first-order valence-corrected chi connectivity index (χ1v) is 12.8. The first-order valence-electron chi connectivity index (χ1n) is 12.0. The molecule has 3 aromatic rings. The van der Waals surface area contributed by atoms with Crippen LogP contribution < -0.4 is 26.0 Å². The maximum atomic E-state index is 15.3. The summed E-state index contributed by atoms with van der Waals surface area (Å²) in [5, 5.41) is 7.10. The monoisotopic (exact) mass is 499 g/mol. The molecule has 4 N–H and O–H groups in total. The Bertz CT molecular complexity index is 1330. The molecule has 4 aliphatic heterocycles. The van der Waals surface area contributed by atoms with Crippen molar-refractivity contribution in [3.63, 3.8) is 0 Å². The van der Waals surface area contributed by atoms with Gasteiger partial charge in [0.25, 0.3) is 5.91 Å². The van der Waals surface area contributed by atoms with Gasteiger partial charge in [0, 0.05) is 54.3 Å². The summed E-state index contributed by atoms with van der Waals surface area (Å²) in [6, 6.07) is 5.24. The van der Waals surface area contributed by atoms with Crippen LogP contribution in [0.2, 0.25) is 0 Å². The van der Waals surface area contributed by atoms with Crippen molar-refractivity contribution in [2.24, 2.45) is 0 Å². The number of nitrogen functional groups attached to an aromatic ring is 1. The van der Waals surface area contributed by atoms with Crippen LogP contribution in [0.4, 0.5) is 20.2 Å².